The molecule has 1 aromatic heterocycles. The van der Waals surface area contributed by atoms with E-state index in [0.717, 1.165) is 11.3 Å². The number of rotatable bonds is 9. The first-order chi connectivity index (χ1) is 15.5. The Bertz CT molecular complexity index is 1080. The standard InChI is InChI=1S/C23H25N3O5S/c1-15(21(27)24-13-16-10-11-19(29-2)20(12-16)30-3)31-22(28)18-14-25-23(32-4)26(18)17-8-6-5-7-9-17/h5-12,14-15H,13H2,1-4H3,(H,24,27). The van der Waals surface area contributed by atoms with E-state index in [1.807, 2.05) is 42.7 Å². The number of para-hydroxylation sites is 1. The van der Waals surface area contributed by atoms with Crippen molar-refractivity contribution in [2.24, 2.45) is 0 Å². The van der Waals surface area contributed by atoms with E-state index in [0.29, 0.717) is 16.7 Å². The van der Waals surface area contributed by atoms with Crippen LogP contribution in [0.4, 0.5) is 0 Å². The number of benzene rings is 2. The first-order valence-electron chi connectivity index (χ1n) is 9.85. The van der Waals surface area contributed by atoms with Gasteiger partial charge in [-0.25, -0.2) is 9.78 Å². The van der Waals surface area contributed by atoms with E-state index in [2.05, 4.69) is 10.3 Å². The van der Waals surface area contributed by atoms with Crippen LogP contribution in [0.2, 0.25) is 0 Å². The summed E-state index contributed by atoms with van der Waals surface area (Å²) in [4.78, 5) is 29.6. The third-order valence-corrected chi connectivity index (χ3v) is 5.36. The molecule has 1 N–H and O–H groups in total. The van der Waals surface area contributed by atoms with Crippen molar-refractivity contribution in [2.75, 3.05) is 20.5 Å². The van der Waals surface area contributed by atoms with Crippen LogP contribution in [0.15, 0.2) is 59.9 Å². The number of hydrogen-bond donors (Lipinski definition) is 1. The molecule has 0 saturated carbocycles. The summed E-state index contributed by atoms with van der Waals surface area (Å²) in [7, 11) is 3.10. The highest BCUT2D eigenvalue weighted by atomic mass is 32.2. The zero-order valence-electron chi connectivity index (χ0n) is 18.3. The predicted molar refractivity (Wildman–Crippen MR) is 122 cm³/mol. The molecule has 1 atom stereocenters. The van der Waals surface area contributed by atoms with Crippen molar-refractivity contribution in [1.82, 2.24) is 14.9 Å². The SMILES string of the molecule is COc1ccc(CNC(=O)C(C)OC(=O)c2cnc(SC)n2-c2ccccc2)cc1OC. The Morgan fingerprint density at radius 1 is 1.09 bits per heavy atom. The minimum Gasteiger partial charge on any atom is -0.493 e. The molecule has 0 bridgehead atoms. The van der Waals surface area contributed by atoms with Gasteiger partial charge in [0.15, 0.2) is 28.5 Å². The molecule has 1 amide bonds. The number of aromatic nitrogens is 2. The number of carbonyl (C=O) groups is 2. The second-order valence-electron chi connectivity index (χ2n) is 6.76. The molecule has 0 aliphatic rings. The monoisotopic (exact) mass is 455 g/mol. The van der Waals surface area contributed by atoms with E-state index in [1.165, 1.54) is 24.9 Å². The van der Waals surface area contributed by atoms with Gasteiger partial charge >= 0.3 is 5.97 Å². The lowest BCUT2D eigenvalue weighted by Crippen LogP contribution is -2.35. The summed E-state index contributed by atoms with van der Waals surface area (Å²) in [6.45, 7) is 1.78. The lowest BCUT2D eigenvalue weighted by Gasteiger charge is -2.15. The summed E-state index contributed by atoms with van der Waals surface area (Å²) < 4.78 is 17.6. The molecule has 8 nitrogen and oxygen atoms in total. The van der Waals surface area contributed by atoms with Gasteiger partial charge in [0.05, 0.1) is 20.4 Å². The molecule has 0 spiro atoms. The lowest BCUT2D eigenvalue weighted by molar-refractivity contribution is -0.129. The van der Waals surface area contributed by atoms with Crippen LogP contribution < -0.4 is 14.8 Å². The van der Waals surface area contributed by atoms with Gasteiger partial charge < -0.3 is 19.5 Å². The smallest absolute Gasteiger partial charge is 0.357 e. The van der Waals surface area contributed by atoms with Gasteiger partial charge in [0.25, 0.3) is 5.91 Å². The normalized spacial score (nSPS) is 11.5. The lowest BCUT2D eigenvalue weighted by atomic mass is 10.2. The van der Waals surface area contributed by atoms with Crippen LogP contribution in [0.25, 0.3) is 5.69 Å². The number of amides is 1. The highest BCUT2D eigenvalue weighted by molar-refractivity contribution is 7.98. The fourth-order valence-electron chi connectivity index (χ4n) is 3.05. The summed E-state index contributed by atoms with van der Waals surface area (Å²) in [6, 6.07) is 14.7. The first-order valence-corrected chi connectivity index (χ1v) is 11.1. The molecule has 0 aliphatic heterocycles. The maximum atomic E-state index is 12.8. The van der Waals surface area contributed by atoms with E-state index in [9.17, 15) is 9.59 Å². The summed E-state index contributed by atoms with van der Waals surface area (Å²) in [5.41, 5.74) is 1.85. The highest BCUT2D eigenvalue weighted by Gasteiger charge is 2.23. The maximum absolute atomic E-state index is 12.8. The molecule has 0 radical (unpaired) electrons. The molecule has 3 rings (SSSR count). The minimum atomic E-state index is -0.987. The summed E-state index contributed by atoms with van der Waals surface area (Å²) >= 11 is 1.41. The summed E-state index contributed by atoms with van der Waals surface area (Å²) in [5.74, 6) is 0.126. The topological polar surface area (TPSA) is 91.7 Å². The van der Waals surface area contributed by atoms with Crippen molar-refractivity contribution >= 4 is 23.6 Å². The molecular formula is C23H25N3O5S. The molecule has 0 aliphatic carbocycles. The molecule has 9 heteroatoms. The number of imidazole rings is 1. The minimum absolute atomic E-state index is 0.250. The second kappa shape index (κ2) is 10.7. The Morgan fingerprint density at radius 3 is 2.47 bits per heavy atom. The van der Waals surface area contributed by atoms with Crippen molar-refractivity contribution in [2.45, 2.75) is 24.7 Å². The molecule has 168 valence electrons. The van der Waals surface area contributed by atoms with Crippen LogP contribution in [0.3, 0.4) is 0 Å². The average molecular weight is 456 g/mol. The second-order valence-corrected chi connectivity index (χ2v) is 7.53. The van der Waals surface area contributed by atoms with Crippen molar-refractivity contribution in [3.63, 3.8) is 0 Å². The van der Waals surface area contributed by atoms with Crippen molar-refractivity contribution < 1.29 is 23.8 Å². The van der Waals surface area contributed by atoms with E-state index >= 15 is 0 Å². The van der Waals surface area contributed by atoms with Gasteiger partial charge in [0.1, 0.15) is 0 Å². The molecule has 1 unspecified atom stereocenters. The zero-order chi connectivity index (χ0) is 23.1. The number of esters is 1. The van der Waals surface area contributed by atoms with E-state index in [1.54, 1.807) is 30.9 Å². The number of hydrogen-bond acceptors (Lipinski definition) is 7. The van der Waals surface area contributed by atoms with E-state index in [-0.39, 0.29) is 12.2 Å². The molecule has 0 fully saturated rings. The Hall–Kier alpha value is -3.46. The molecule has 0 saturated heterocycles. The maximum Gasteiger partial charge on any atom is 0.357 e. The Kier molecular flexibility index (Phi) is 7.77. The van der Waals surface area contributed by atoms with Crippen LogP contribution in [0.1, 0.15) is 23.0 Å². The molecular weight excluding hydrogens is 430 g/mol. The van der Waals surface area contributed by atoms with Crippen LogP contribution in [-0.4, -0.2) is 48.0 Å². The number of thioether (sulfide) groups is 1. The van der Waals surface area contributed by atoms with Gasteiger partial charge in [-0.2, -0.15) is 0 Å². The number of ether oxygens (including phenoxy) is 3. The third-order valence-electron chi connectivity index (χ3n) is 4.70. The molecule has 1 heterocycles. The van der Waals surface area contributed by atoms with Gasteiger partial charge in [0.2, 0.25) is 0 Å². The van der Waals surface area contributed by atoms with E-state index in [4.69, 9.17) is 14.2 Å². The number of nitrogens with zero attached hydrogens (tertiary/aromatic N) is 2. The van der Waals surface area contributed by atoms with Gasteiger partial charge in [-0.1, -0.05) is 36.0 Å². The molecule has 3 aromatic rings. The van der Waals surface area contributed by atoms with Crippen molar-refractivity contribution in [3.05, 3.63) is 66.0 Å². The van der Waals surface area contributed by atoms with Crippen molar-refractivity contribution in [1.29, 1.82) is 0 Å². The van der Waals surface area contributed by atoms with Gasteiger partial charge in [0, 0.05) is 12.2 Å². The van der Waals surface area contributed by atoms with Gasteiger partial charge in [-0.05, 0) is 43.0 Å². The highest BCUT2D eigenvalue weighted by Crippen LogP contribution is 2.27. The Labute approximate surface area is 190 Å². The van der Waals surface area contributed by atoms with Gasteiger partial charge in [-0.15, -0.1) is 0 Å². The molecule has 2 aromatic carbocycles. The van der Waals surface area contributed by atoms with Crippen LogP contribution >= 0.6 is 11.8 Å². The number of nitrogens with one attached hydrogen (secondary N) is 1. The first kappa shape index (κ1) is 23.2. The average Bonchev–Trinajstić information content (AvgIpc) is 3.27. The quantitative estimate of drug-likeness (QED) is 0.390. The van der Waals surface area contributed by atoms with Gasteiger partial charge in [-0.3, -0.25) is 9.36 Å². The zero-order valence-corrected chi connectivity index (χ0v) is 19.1. The fourth-order valence-corrected chi connectivity index (χ4v) is 3.59. The Balaban J connectivity index is 1.66. The third kappa shape index (κ3) is 5.23. The molecule has 32 heavy (non-hydrogen) atoms. The van der Waals surface area contributed by atoms with Crippen molar-refractivity contribution in [3.8, 4) is 17.2 Å². The summed E-state index contributed by atoms with van der Waals surface area (Å²) in [5, 5.41) is 3.41. The predicted octanol–water partition coefficient (Wildman–Crippen LogP) is 3.47. The Morgan fingerprint density at radius 2 is 1.81 bits per heavy atom. The largest absolute Gasteiger partial charge is 0.493 e. The fraction of sp³-hybridized carbons (Fsp3) is 0.261. The summed E-state index contributed by atoms with van der Waals surface area (Å²) in [6.07, 6.45) is 2.34. The number of carbonyl (C=O) groups excluding carboxylic acids is 2. The number of methoxy groups -OCH3 is 2. The van der Waals surface area contributed by atoms with Crippen LogP contribution in [0.5, 0.6) is 11.5 Å². The van der Waals surface area contributed by atoms with Crippen LogP contribution in [0, 0.1) is 0 Å². The van der Waals surface area contributed by atoms with Crippen LogP contribution in [-0.2, 0) is 16.1 Å². The van der Waals surface area contributed by atoms with E-state index < -0.39 is 18.0 Å².